The number of hydrogen-bond acceptors (Lipinski definition) is 4. The molecular formula is C136H84N2O3. The normalized spacial score (nSPS) is 11.9. The zero-order valence-electron chi connectivity index (χ0n) is 76.9. The summed E-state index contributed by atoms with van der Waals surface area (Å²) in [5, 5.41) is 34.1. The molecule has 0 fully saturated rings. The van der Waals surface area contributed by atoms with E-state index in [1.54, 1.807) is 0 Å². The van der Waals surface area contributed by atoms with Crippen LogP contribution in [0.4, 0.5) is 0 Å². The minimum Gasteiger partial charge on any atom is -0.455 e. The minimum absolute atomic E-state index is 0.883. The highest BCUT2D eigenvalue weighted by Crippen LogP contribution is 2.55. The first kappa shape index (κ1) is 80.9. The van der Waals surface area contributed by atoms with Crippen molar-refractivity contribution in [3.8, 4) is 94.7 Å². The van der Waals surface area contributed by atoms with E-state index in [0.29, 0.717) is 0 Å². The Labute approximate surface area is 811 Å². The SMILES string of the molecule is Cc1ccc(-c2ccc(-c3c4ccccc4c(-c4cccc5ccccc45)c4ccccc34)c3c2oc2ccccc23)cc1.c1ccc2cc3c(cc2c1)c1ccccc1n3-c1ccc(-c2c3ccccc3c(-c3cccc4ccccc34)c3ccccc23)c2c1oc1ccccc12.c1cncc(-c2ccc(-c3c4ccccc4c(-c4cccc5ccccc45)c4ccccc34)c3c2oc2ccccc23)c1. The first-order chi connectivity index (χ1) is 69.9. The number of pyridine rings is 1. The van der Waals surface area contributed by atoms with E-state index in [1.807, 2.05) is 24.5 Å². The van der Waals surface area contributed by atoms with Crippen molar-refractivity contribution in [1.82, 2.24) is 9.55 Å². The summed E-state index contributed by atoms with van der Waals surface area (Å²) in [6.45, 7) is 2.13. The highest BCUT2D eigenvalue weighted by atomic mass is 16.3. The first-order valence-corrected chi connectivity index (χ1v) is 48.4. The fourth-order valence-corrected chi connectivity index (χ4v) is 23.4. The van der Waals surface area contributed by atoms with E-state index >= 15 is 0 Å². The zero-order valence-corrected chi connectivity index (χ0v) is 76.9. The molecule has 0 spiro atoms. The molecule has 25 aromatic carbocycles. The average Bonchev–Trinajstić information content (AvgIpc) is 1.67. The predicted octanol–water partition coefficient (Wildman–Crippen LogP) is 38.4. The summed E-state index contributed by atoms with van der Waals surface area (Å²) >= 11 is 0. The molecule has 5 aromatic heterocycles. The second kappa shape index (κ2) is 32.9. The largest absolute Gasteiger partial charge is 0.455 e. The Hall–Kier alpha value is -18.6. The van der Waals surface area contributed by atoms with Crippen LogP contribution in [0.2, 0.25) is 0 Å². The van der Waals surface area contributed by atoms with Gasteiger partial charge < -0.3 is 17.8 Å². The fraction of sp³-hybridized carbons (Fsp3) is 0.00735. The third-order valence-corrected chi connectivity index (χ3v) is 29.5. The van der Waals surface area contributed by atoms with Crippen molar-refractivity contribution < 1.29 is 13.3 Å². The number of aromatic nitrogens is 2. The van der Waals surface area contributed by atoms with E-state index in [4.69, 9.17) is 13.3 Å². The summed E-state index contributed by atoms with van der Waals surface area (Å²) in [5.41, 5.74) is 29.1. The van der Waals surface area contributed by atoms with Gasteiger partial charge in [0, 0.05) is 72.2 Å². The molecule has 0 atom stereocenters. The summed E-state index contributed by atoms with van der Waals surface area (Å²) in [6, 6.07) is 173. The number of furan rings is 3. The third-order valence-electron chi connectivity index (χ3n) is 29.5. The van der Waals surface area contributed by atoms with Gasteiger partial charge in [-0.3, -0.25) is 4.98 Å². The Kier molecular flexibility index (Phi) is 18.9. The average molecular weight is 1790 g/mol. The lowest BCUT2D eigenvalue weighted by atomic mass is 9.83. The van der Waals surface area contributed by atoms with Crippen LogP contribution < -0.4 is 0 Å². The molecule has 5 heteroatoms. The van der Waals surface area contributed by atoms with Gasteiger partial charge in [0.05, 0.1) is 16.7 Å². The van der Waals surface area contributed by atoms with Gasteiger partial charge in [-0.25, -0.2) is 0 Å². The Bertz CT molecular complexity index is 10200. The molecule has 0 aliphatic rings. The number of rotatable bonds is 9. The van der Waals surface area contributed by atoms with Gasteiger partial charge in [0.2, 0.25) is 0 Å². The maximum absolute atomic E-state index is 7.00. The molecule has 0 bridgehead atoms. The molecule has 0 saturated heterocycles. The Morgan fingerprint density at radius 2 is 0.475 bits per heavy atom. The van der Waals surface area contributed by atoms with Gasteiger partial charge in [0.15, 0.2) is 5.58 Å². The Morgan fingerprint density at radius 3 is 0.858 bits per heavy atom. The second-order valence-corrected chi connectivity index (χ2v) is 37.1. The number of fused-ring (bicyclic) bond motifs is 22. The summed E-state index contributed by atoms with van der Waals surface area (Å²) in [4.78, 5) is 4.40. The van der Waals surface area contributed by atoms with E-state index in [2.05, 4.69) is 484 Å². The van der Waals surface area contributed by atoms with Crippen molar-refractivity contribution in [2.24, 2.45) is 0 Å². The first-order valence-electron chi connectivity index (χ1n) is 48.4. The van der Waals surface area contributed by atoms with Crippen LogP contribution in [-0.4, -0.2) is 9.55 Å². The van der Waals surface area contributed by atoms with Crippen molar-refractivity contribution in [2.75, 3.05) is 0 Å². The lowest BCUT2D eigenvalue weighted by Crippen LogP contribution is -1.96. The molecule has 0 unspecified atom stereocenters. The molecule has 656 valence electrons. The highest BCUT2D eigenvalue weighted by Gasteiger charge is 2.30. The van der Waals surface area contributed by atoms with Crippen LogP contribution in [0.1, 0.15) is 5.56 Å². The number of benzene rings is 25. The molecule has 0 aliphatic heterocycles. The molecule has 0 aliphatic carbocycles. The maximum Gasteiger partial charge on any atom is 0.160 e. The van der Waals surface area contributed by atoms with E-state index in [-0.39, 0.29) is 0 Å². The quantitative estimate of drug-likeness (QED) is 0.135. The third kappa shape index (κ3) is 12.9. The molecule has 30 rings (SSSR count). The van der Waals surface area contributed by atoms with E-state index < -0.39 is 0 Å². The van der Waals surface area contributed by atoms with Crippen molar-refractivity contribution >= 4 is 195 Å². The Balaban J connectivity index is 0.000000104. The monoisotopic (exact) mass is 1790 g/mol. The molecule has 5 nitrogen and oxygen atoms in total. The van der Waals surface area contributed by atoms with Crippen molar-refractivity contribution in [2.45, 2.75) is 6.92 Å². The van der Waals surface area contributed by atoms with Crippen LogP contribution in [-0.2, 0) is 0 Å². The standard InChI is InChI=1S/C52H31NO.C43H28O.C41H25NO/c1-2-16-34-31-47-44(30-33(34)15-1)36-19-9-11-26-45(36)53(47)46-29-28-43(51-42-24-10-12-27-48(42)54-52(46)51)50-40-22-7-5-20-38(40)49(39-21-6-8-23-41(39)50)37-25-13-17-32-14-3-4-18-35(32)37;1-27-21-23-29(24-22-27)31-25-26-38(42-37-18-8-9-20-39(37)44-43(31)42)41-35-16-6-4-14-33(35)40(34-15-5-7-17-36(34)41)32-19-10-12-28-11-2-3-13-30(28)32;1-2-14-28-26(11-1)12-9-20-30(28)38-31-15-3-5-17-33(31)39(34-18-6-4-16-32(34)38)36-23-22-29(27-13-10-24-42-25-27)41-40(36)35-19-7-8-21-37(35)43-41/h1-31H;2-26H,1H3;1-25H. The summed E-state index contributed by atoms with van der Waals surface area (Å²) in [7, 11) is 0. The molecule has 0 amide bonds. The summed E-state index contributed by atoms with van der Waals surface area (Å²) in [6.07, 6.45) is 3.72. The van der Waals surface area contributed by atoms with Gasteiger partial charge >= 0.3 is 0 Å². The van der Waals surface area contributed by atoms with Gasteiger partial charge in [-0.05, 0) is 248 Å². The molecule has 0 saturated carbocycles. The smallest absolute Gasteiger partial charge is 0.160 e. The van der Waals surface area contributed by atoms with E-state index in [1.165, 1.54) is 196 Å². The predicted molar refractivity (Wildman–Crippen MR) is 597 cm³/mol. The van der Waals surface area contributed by atoms with Gasteiger partial charge in [0.25, 0.3) is 0 Å². The van der Waals surface area contributed by atoms with Crippen LogP contribution in [0.25, 0.3) is 290 Å². The number of aryl methyl sites for hydroxylation is 1. The van der Waals surface area contributed by atoms with E-state index in [0.717, 1.165) is 99.3 Å². The summed E-state index contributed by atoms with van der Waals surface area (Å²) < 4.78 is 22.7. The molecular weight excluding hydrogens is 1710 g/mol. The molecule has 141 heavy (non-hydrogen) atoms. The van der Waals surface area contributed by atoms with Crippen LogP contribution in [0.5, 0.6) is 0 Å². The molecule has 5 heterocycles. The highest BCUT2D eigenvalue weighted by molar-refractivity contribution is 6.33. The topological polar surface area (TPSA) is 57.2 Å². The number of para-hydroxylation sites is 4. The second-order valence-electron chi connectivity index (χ2n) is 37.1. The van der Waals surface area contributed by atoms with Crippen molar-refractivity contribution in [3.63, 3.8) is 0 Å². The number of hydrogen-bond donors (Lipinski definition) is 0. The minimum atomic E-state index is 0.883. The molecule has 0 radical (unpaired) electrons. The van der Waals surface area contributed by atoms with E-state index in [9.17, 15) is 0 Å². The van der Waals surface area contributed by atoms with Crippen LogP contribution >= 0.6 is 0 Å². The van der Waals surface area contributed by atoms with Gasteiger partial charge in [-0.1, -0.05) is 424 Å². The Morgan fingerprint density at radius 1 is 0.184 bits per heavy atom. The number of nitrogens with zero attached hydrogens (tertiary/aromatic N) is 2. The lowest BCUT2D eigenvalue weighted by molar-refractivity contribution is 0.666. The van der Waals surface area contributed by atoms with Crippen LogP contribution in [0.15, 0.2) is 505 Å². The fourth-order valence-electron chi connectivity index (χ4n) is 23.4. The molecule has 0 N–H and O–H groups in total. The van der Waals surface area contributed by atoms with Gasteiger partial charge in [-0.2, -0.15) is 0 Å². The van der Waals surface area contributed by atoms with Crippen molar-refractivity contribution in [3.05, 3.63) is 497 Å². The van der Waals surface area contributed by atoms with Crippen LogP contribution in [0.3, 0.4) is 0 Å². The maximum atomic E-state index is 7.00. The lowest BCUT2D eigenvalue weighted by Gasteiger charge is -2.20. The van der Waals surface area contributed by atoms with Gasteiger partial charge in [-0.15, -0.1) is 0 Å². The van der Waals surface area contributed by atoms with Crippen LogP contribution in [0, 0.1) is 6.92 Å². The summed E-state index contributed by atoms with van der Waals surface area (Å²) in [5.74, 6) is 0. The van der Waals surface area contributed by atoms with Crippen molar-refractivity contribution in [1.29, 1.82) is 0 Å². The zero-order chi connectivity index (χ0) is 92.9. The van der Waals surface area contributed by atoms with Gasteiger partial charge in [0.1, 0.15) is 27.9 Å². The molecule has 30 aromatic rings.